The van der Waals surface area contributed by atoms with Crippen molar-refractivity contribution in [3.8, 4) is 0 Å². The second kappa shape index (κ2) is 13.0. The Morgan fingerprint density at radius 3 is 2.62 bits per heavy atom. The molecule has 11 heteroatoms. The topological polar surface area (TPSA) is 106 Å². The van der Waals surface area contributed by atoms with E-state index in [0.29, 0.717) is 25.0 Å². The highest BCUT2D eigenvalue weighted by Crippen LogP contribution is 2.36. The fourth-order valence-electron chi connectivity index (χ4n) is 5.08. The third-order valence-corrected chi connectivity index (χ3v) is 7.82. The lowest BCUT2D eigenvalue weighted by Crippen LogP contribution is -2.36. The molecule has 4 unspecified atom stereocenters. The van der Waals surface area contributed by atoms with Crippen molar-refractivity contribution in [1.82, 2.24) is 15.1 Å². The van der Waals surface area contributed by atoms with E-state index in [2.05, 4.69) is 10.4 Å². The van der Waals surface area contributed by atoms with E-state index in [-0.39, 0.29) is 43.1 Å². The van der Waals surface area contributed by atoms with Crippen molar-refractivity contribution in [3.05, 3.63) is 23.0 Å². The monoisotopic (exact) mass is 557 g/mol. The lowest BCUT2D eigenvalue weighted by atomic mass is 9.76. The number of ether oxygens (including phenoxy) is 2. The summed E-state index contributed by atoms with van der Waals surface area (Å²) in [6, 6.07) is 0.997. The van der Waals surface area contributed by atoms with Gasteiger partial charge in [0, 0.05) is 30.7 Å². The maximum absolute atomic E-state index is 13.4. The molecule has 8 nitrogen and oxygen atoms in total. The Kier molecular flexibility index (Phi) is 10.4. The number of carbonyl (C=O) groups excluding carboxylic acids is 2. The third-order valence-electron chi connectivity index (χ3n) is 7.82. The van der Waals surface area contributed by atoms with Crippen LogP contribution in [0.15, 0.2) is 11.6 Å². The van der Waals surface area contributed by atoms with E-state index in [4.69, 9.17) is 9.47 Å². The van der Waals surface area contributed by atoms with Crippen LogP contribution in [0.25, 0.3) is 6.08 Å². The largest absolute Gasteiger partial charge is 0.458 e. The first kappa shape index (κ1) is 31.3. The highest BCUT2D eigenvalue weighted by Gasteiger charge is 2.42. The van der Waals surface area contributed by atoms with Gasteiger partial charge in [-0.15, -0.1) is 0 Å². The van der Waals surface area contributed by atoms with Crippen LogP contribution in [0, 0.1) is 11.3 Å². The van der Waals surface area contributed by atoms with Crippen molar-refractivity contribution in [3.63, 3.8) is 0 Å². The average Bonchev–Trinajstić information content (AvgIpc) is 3.47. The van der Waals surface area contributed by atoms with Crippen molar-refractivity contribution >= 4 is 17.8 Å². The number of Topliss-reactive ketones (excluding diaryl/α,β-unsaturated/α-hetero) is 1. The number of fused-ring (bicyclic) bond motifs is 1. The molecule has 0 radical (unpaired) electrons. The number of likely N-dealkylation sites (N-methyl/N-ethyl adjacent to an activating group) is 1. The molecule has 2 aliphatic heterocycles. The molecule has 220 valence electrons. The molecule has 0 saturated carbocycles. The van der Waals surface area contributed by atoms with Crippen LogP contribution in [0.5, 0.6) is 0 Å². The van der Waals surface area contributed by atoms with E-state index in [1.54, 1.807) is 40.8 Å². The third kappa shape index (κ3) is 8.62. The Labute approximate surface area is 228 Å². The number of cyclic esters (lactones) is 1. The van der Waals surface area contributed by atoms with E-state index in [1.807, 2.05) is 0 Å². The predicted molar refractivity (Wildman–Crippen MR) is 140 cm³/mol. The van der Waals surface area contributed by atoms with E-state index in [9.17, 15) is 27.9 Å². The van der Waals surface area contributed by atoms with E-state index in [1.165, 1.54) is 4.68 Å². The molecule has 1 aromatic heterocycles. The molecule has 39 heavy (non-hydrogen) atoms. The summed E-state index contributed by atoms with van der Waals surface area (Å²) < 4.78 is 53.1. The second-order valence-electron chi connectivity index (χ2n) is 11.5. The number of epoxide rings is 1. The summed E-state index contributed by atoms with van der Waals surface area (Å²) in [5.74, 6) is -1.13. The van der Waals surface area contributed by atoms with Gasteiger partial charge < -0.3 is 19.9 Å². The smallest absolute Gasteiger partial charge is 0.435 e. The average molecular weight is 558 g/mol. The number of ketones is 1. The van der Waals surface area contributed by atoms with Crippen LogP contribution in [0.3, 0.4) is 0 Å². The minimum Gasteiger partial charge on any atom is -0.458 e. The number of rotatable bonds is 5. The number of carbonyl (C=O) groups is 2. The Morgan fingerprint density at radius 2 is 1.95 bits per heavy atom. The maximum Gasteiger partial charge on any atom is 0.435 e. The number of halogens is 3. The molecule has 0 bridgehead atoms. The van der Waals surface area contributed by atoms with Crippen molar-refractivity contribution < 1.29 is 37.3 Å². The van der Waals surface area contributed by atoms with Crippen LogP contribution in [0.2, 0.25) is 0 Å². The number of aliphatic hydroxyl groups excluding tert-OH is 1. The van der Waals surface area contributed by atoms with E-state index in [0.717, 1.165) is 25.3 Å². The zero-order valence-corrected chi connectivity index (χ0v) is 23.5. The lowest BCUT2D eigenvalue weighted by molar-refractivity contribution is -0.149. The summed E-state index contributed by atoms with van der Waals surface area (Å²) in [7, 11) is 1.71. The van der Waals surface area contributed by atoms with Gasteiger partial charge in [-0.2, -0.15) is 18.3 Å². The number of alkyl halides is 3. The SMILES string of the molecule is CNCCn1nc(C(F)(F)F)cc1/C=C(\C)C1CC2OC2CCCCC(O)[C@@H](C)C(=O)C(C)(C)CCC(=O)O1. The second-order valence-corrected chi connectivity index (χ2v) is 11.5. The highest BCUT2D eigenvalue weighted by atomic mass is 19.4. The van der Waals surface area contributed by atoms with Crippen molar-refractivity contribution in [1.29, 1.82) is 0 Å². The van der Waals surface area contributed by atoms with Gasteiger partial charge in [-0.1, -0.05) is 33.6 Å². The Bertz CT molecular complexity index is 1040. The van der Waals surface area contributed by atoms with Crippen molar-refractivity contribution in [2.45, 2.75) is 110 Å². The number of hydrogen-bond acceptors (Lipinski definition) is 7. The summed E-state index contributed by atoms with van der Waals surface area (Å²) in [6.07, 6.45) is -1.01. The quantitative estimate of drug-likeness (QED) is 0.405. The fourth-order valence-corrected chi connectivity index (χ4v) is 5.08. The lowest BCUT2D eigenvalue weighted by Gasteiger charge is -2.29. The molecule has 3 rings (SSSR count). The van der Waals surface area contributed by atoms with Gasteiger partial charge in [0.15, 0.2) is 5.69 Å². The molecule has 2 N–H and O–H groups in total. The van der Waals surface area contributed by atoms with Crippen LogP contribution >= 0.6 is 0 Å². The van der Waals surface area contributed by atoms with E-state index < -0.39 is 41.4 Å². The first-order valence-corrected chi connectivity index (χ1v) is 13.8. The molecule has 0 spiro atoms. The predicted octanol–water partition coefficient (Wildman–Crippen LogP) is 4.54. The Balaban J connectivity index is 1.84. The number of nitrogens with one attached hydrogen (secondary N) is 1. The van der Waals surface area contributed by atoms with Crippen LogP contribution in [-0.2, 0) is 31.8 Å². The summed E-state index contributed by atoms with van der Waals surface area (Å²) >= 11 is 0. The zero-order chi connectivity index (χ0) is 29.0. The van der Waals surface area contributed by atoms with Gasteiger partial charge in [-0.25, -0.2) is 0 Å². The standard InChI is InChI=1S/C28H42F3N3O5/c1-17(14-19-15-24(28(29,30)31)33-34(19)13-12-32-5)22-16-23-21(38-23)9-7-6-8-20(35)18(2)26(37)27(3,4)11-10-25(36)39-22/h14-15,18,20-23,32,35H,6-13,16H2,1-5H3/b17-14+/t18-,20?,21?,22?,23?/m1/s1. The van der Waals surface area contributed by atoms with Crippen LogP contribution in [0.1, 0.15) is 84.0 Å². The van der Waals surface area contributed by atoms with Gasteiger partial charge in [0.25, 0.3) is 0 Å². The molecule has 2 aliphatic rings. The minimum atomic E-state index is -4.58. The number of aliphatic hydroxyl groups is 1. The number of hydrogen-bond donors (Lipinski definition) is 2. The number of nitrogens with zero attached hydrogens (tertiary/aromatic N) is 2. The first-order chi connectivity index (χ1) is 18.2. The molecule has 3 heterocycles. The van der Waals surface area contributed by atoms with Gasteiger partial charge in [0.05, 0.1) is 30.6 Å². The number of esters is 1. The van der Waals surface area contributed by atoms with Gasteiger partial charge in [0.1, 0.15) is 11.9 Å². The van der Waals surface area contributed by atoms with Crippen LogP contribution in [-0.4, -0.2) is 64.6 Å². The van der Waals surface area contributed by atoms with Crippen molar-refractivity contribution in [2.75, 3.05) is 13.6 Å². The molecule has 0 amide bonds. The summed E-state index contributed by atoms with van der Waals surface area (Å²) in [5, 5.41) is 17.2. The highest BCUT2D eigenvalue weighted by molar-refractivity contribution is 5.87. The van der Waals surface area contributed by atoms with Gasteiger partial charge in [0.2, 0.25) is 0 Å². The number of aromatic nitrogens is 2. The molecule has 2 saturated heterocycles. The summed E-state index contributed by atoms with van der Waals surface area (Å²) in [5.41, 5.74) is -0.949. The van der Waals surface area contributed by atoms with Crippen LogP contribution < -0.4 is 5.32 Å². The maximum atomic E-state index is 13.4. The molecule has 5 atom stereocenters. The normalized spacial score (nSPS) is 29.6. The molecule has 1 aromatic rings. The molecule has 0 aliphatic carbocycles. The minimum absolute atomic E-state index is 0.0000260. The fraction of sp³-hybridized carbons (Fsp3) is 0.750. The van der Waals surface area contributed by atoms with Gasteiger partial charge in [-0.05, 0) is 50.9 Å². The van der Waals surface area contributed by atoms with Crippen molar-refractivity contribution in [2.24, 2.45) is 11.3 Å². The van der Waals surface area contributed by atoms with Gasteiger partial charge in [-0.3, -0.25) is 14.3 Å². The summed E-state index contributed by atoms with van der Waals surface area (Å²) in [6.45, 7) is 7.66. The van der Waals surface area contributed by atoms with E-state index >= 15 is 0 Å². The van der Waals surface area contributed by atoms with Crippen LogP contribution in [0.4, 0.5) is 13.2 Å². The molecule has 2 fully saturated rings. The molecular formula is C28H42F3N3O5. The molecular weight excluding hydrogens is 515 g/mol. The first-order valence-electron chi connectivity index (χ1n) is 13.8. The summed E-state index contributed by atoms with van der Waals surface area (Å²) in [4.78, 5) is 26.0. The zero-order valence-electron chi connectivity index (χ0n) is 23.5. The molecule has 0 aromatic carbocycles. The Hall–Kier alpha value is -2.24. The Morgan fingerprint density at radius 1 is 1.26 bits per heavy atom. The van der Waals surface area contributed by atoms with Gasteiger partial charge >= 0.3 is 12.1 Å².